The van der Waals surface area contributed by atoms with Crippen molar-refractivity contribution < 1.29 is 9.53 Å². The maximum absolute atomic E-state index is 10.8. The van der Waals surface area contributed by atoms with Crippen molar-refractivity contribution in [3.63, 3.8) is 0 Å². The summed E-state index contributed by atoms with van der Waals surface area (Å²) in [5, 5.41) is 0. The Hall–Kier alpha value is -0.500. The van der Waals surface area contributed by atoms with Crippen LogP contribution in [-0.2, 0) is 9.53 Å². The molecule has 0 saturated carbocycles. The smallest absolute Gasteiger partial charge is 0.334 e. The molecule has 0 fully saturated rings. The van der Waals surface area contributed by atoms with Gasteiger partial charge in [0.1, 0.15) is 0 Å². The minimum Gasteiger partial charge on any atom is -0.460 e. The van der Waals surface area contributed by atoms with Crippen LogP contribution in [0.15, 0.2) is 12.2 Å². The lowest BCUT2D eigenvalue weighted by molar-refractivity contribution is -0.142. The van der Waals surface area contributed by atoms with Gasteiger partial charge in [-0.3, -0.25) is 0 Å². The third-order valence-corrected chi connectivity index (χ3v) is 1.12. The van der Waals surface area contributed by atoms with E-state index in [9.17, 15) is 4.79 Å². The lowest BCUT2D eigenvalue weighted by Crippen LogP contribution is -2.13. The number of esters is 1. The van der Waals surface area contributed by atoms with Gasteiger partial charge in [-0.1, -0.05) is 6.58 Å². The first kappa shape index (κ1) is 9.50. The highest BCUT2D eigenvalue weighted by atomic mass is 35.5. The predicted octanol–water partition coefficient (Wildman–Crippen LogP) is 1.73. The van der Waals surface area contributed by atoms with Crippen LogP contribution in [0.4, 0.5) is 0 Å². The Balaban J connectivity index is 3.74. The number of halogens is 1. The molecule has 0 bridgehead atoms. The first-order valence-electron chi connectivity index (χ1n) is 3.02. The molecule has 0 heterocycles. The van der Waals surface area contributed by atoms with Crippen molar-refractivity contribution in [2.75, 3.05) is 5.88 Å². The second-order valence-electron chi connectivity index (χ2n) is 2.19. The molecule has 3 heteroatoms. The van der Waals surface area contributed by atoms with Crippen molar-refractivity contribution in [2.45, 2.75) is 20.0 Å². The molecular weight excluding hydrogens is 152 g/mol. The van der Waals surface area contributed by atoms with E-state index in [1.165, 1.54) is 0 Å². The monoisotopic (exact) mass is 162 g/mol. The van der Waals surface area contributed by atoms with E-state index >= 15 is 0 Å². The van der Waals surface area contributed by atoms with E-state index in [2.05, 4.69) is 6.58 Å². The van der Waals surface area contributed by atoms with Crippen LogP contribution in [0, 0.1) is 0 Å². The normalized spacial score (nSPS) is 9.60. The lowest BCUT2D eigenvalue weighted by atomic mass is 10.3. The summed E-state index contributed by atoms with van der Waals surface area (Å²) >= 11 is 5.33. The van der Waals surface area contributed by atoms with Gasteiger partial charge in [-0.15, -0.1) is 11.6 Å². The van der Waals surface area contributed by atoms with Gasteiger partial charge >= 0.3 is 5.97 Å². The van der Waals surface area contributed by atoms with E-state index in [0.717, 1.165) is 0 Å². The van der Waals surface area contributed by atoms with Crippen LogP contribution < -0.4 is 0 Å². The average Bonchev–Trinajstić information content (AvgIpc) is 1.85. The van der Waals surface area contributed by atoms with Gasteiger partial charge in [0.25, 0.3) is 0 Å². The highest BCUT2D eigenvalue weighted by molar-refractivity contribution is 6.22. The Bertz CT molecular complexity index is 141. The van der Waals surface area contributed by atoms with Gasteiger partial charge in [-0.05, 0) is 13.8 Å². The van der Waals surface area contributed by atoms with Gasteiger partial charge in [-0.2, -0.15) is 0 Å². The molecule has 0 rings (SSSR count). The van der Waals surface area contributed by atoms with Gasteiger partial charge in [0.2, 0.25) is 0 Å². The molecule has 0 atom stereocenters. The maximum Gasteiger partial charge on any atom is 0.334 e. The molecule has 2 nitrogen and oxygen atoms in total. The van der Waals surface area contributed by atoms with Crippen LogP contribution in [0.1, 0.15) is 13.8 Å². The van der Waals surface area contributed by atoms with Gasteiger partial charge in [-0.25, -0.2) is 4.79 Å². The van der Waals surface area contributed by atoms with Gasteiger partial charge in [0.05, 0.1) is 12.0 Å². The molecule has 0 unspecified atom stereocenters. The minimum absolute atomic E-state index is 0.104. The second kappa shape index (κ2) is 4.34. The van der Waals surface area contributed by atoms with Gasteiger partial charge < -0.3 is 4.74 Å². The molecule has 58 valence electrons. The van der Waals surface area contributed by atoms with Gasteiger partial charge in [0, 0.05) is 5.57 Å². The summed E-state index contributed by atoms with van der Waals surface area (Å²) in [5.41, 5.74) is 0.301. The number of hydrogen-bond acceptors (Lipinski definition) is 2. The van der Waals surface area contributed by atoms with Crippen LogP contribution in [0.3, 0.4) is 0 Å². The Kier molecular flexibility index (Phi) is 4.12. The number of hydrogen-bond donors (Lipinski definition) is 0. The number of carbonyl (C=O) groups excluding carboxylic acids is 1. The summed E-state index contributed by atoms with van der Waals surface area (Å²) in [5.74, 6) is -0.282. The van der Waals surface area contributed by atoms with Crippen molar-refractivity contribution >= 4 is 17.6 Å². The minimum atomic E-state index is -0.412. The second-order valence-corrected chi connectivity index (χ2v) is 2.46. The molecule has 0 amide bonds. The summed E-state index contributed by atoms with van der Waals surface area (Å²) in [6, 6.07) is 0. The zero-order valence-electron chi connectivity index (χ0n) is 6.19. The van der Waals surface area contributed by atoms with E-state index in [0.29, 0.717) is 5.57 Å². The molecule has 0 aliphatic heterocycles. The largest absolute Gasteiger partial charge is 0.460 e. The highest BCUT2D eigenvalue weighted by Crippen LogP contribution is 1.99. The van der Waals surface area contributed by atoms with E-state index in [1.807, 2.05) is 0 Å². The highest BCUT2D eigenvalue weighted by Gasteiger charge is 2.07. The fourth-order valence-corrected chi connectivity index (χ4v) is 0.461. The topological polar surface area (TPSA) is 26.3 Å². The molecule has 0 saturated heterocycles. The molecule has 0 radical (unpaired) electrons. The summed E-state index contributed by atoms with van der Waals surface area (Å²) in [6.07, 6.45) is -0.104. The van der Waals surface area contributed by atoms with Crippen molar-refractivity contribution in [1.82, 2.24) is 0 Å². The summed E-state index contributed by atoms with van der Waals surface area (Å²) in [7, 11) is 0. The predicted molar refractivity (Wildman–Crippen MR) is 41.1 cm³/mol. The zero-order valence-corrected chi connectivity index (χ0v) is 6.94. The van der Waals surface area contributed by atoms with Crippen LogP contribution in [-0.4, -0.2) is 18.0 Å². The van der Waals surface area contributed by atoms with Gasteiger partial charge in [0.15, 0.2) is 0 Å². The number of carbonyl (C=O) groups is 1. The number of rotatable bonds is 3. The number of ether oxygens (including phenoxy) is 1. The molecule has 0 aromatic heterocycles. The quantitative estimate of drug-likeness (QED) is 0.359. The molecule has 0 aromatic rings. The molecule has 10 heavy (non-hydrogen) atoms. The first-order valence-corrected chi connectivity index (χ1v) is 3.56. The molecular formula is C7H11ClO2. The van der Waals surface area contributed by atoms with Crippen LogP contribution in [0.5, 0.6) is 0 Å². The molecule has 0 aliphatic rings. The number of alkyl halides is 1. The molecule has 0 aliphatic carbocycles. The van der Waals surface area contributed by atoms with Crippen LogP contribution in [0.25, 0.3) is 0 Å². The maximum atomic E-state index is 10.8. The van der Waals surface area contributed by atoms with E-state index in [-0.39, 0.29) is 12.0 Å². The summed E-state index contributed by atoms with van der Waals surface area (Å²) < 4.78 is 4.78. The third kappa shape index (κ3) is 3.51. The molecule has 0 N–H and O–H groups in total. The Morgan fingerprint density at radius 1 is 1.70 bits per heavy atom. The van der Waals surface area contributed by atoms with Crippen LogP contribution in [0.2, 0.25) is 0 Å². The van der Waals surface area contributed by atoms with Crippen molar-refractivity contribution in [3.05, 3.63) is 12.2 Å². The lowest BCUT2D eigenvalue weighted by Gasteiger charge is -2.06. The summed E-state index contributed by atoms with van der Waals surface area (Å²) in [4.78, 5) is 10.8. The average molecular weight is 163 g/mol. The standard InChI is InChI=1S/C7H11ClO2/c1-5(2)10-7(9)6(3)4-8/h5H,3-4H2,1-2H3. The first-order chi connectivity index (χ1) is 4.57. The fraction of sp³-hybridized carbons (Fsp3) is 0.571. The molecule has 0 aromatic carbocycles. The van der Waals surface area contributed by atoms with E-state index < -0.39 is 5.97 Å². The molecule has 0 spiro atoms. The zero-order chi connectivity index (χ0) is 8.15. The SMILES string of the molecule is C=C(CCl)C(=O)OC(C)C. The van der Waals surface area contributed by atoms with E-state index in [4.69, 9.17) is 16.3 Å². The van der Waals surface area contributed by atoms with Crippen molar-refractivity contribution in [3.8, 4) is 0 Å². The van der Waals surface area contributed by atoms with Crippen LogP contribution >= 0.6 is 11.6 Å². The van der Waals surface area contributed by atoms with Crippen molar-refractivity contribution in [1.29, 1.82) is 0 Å². The summed E-state index contributed by atoms with van der Waals surface area (Å²) in [6.45, 7) is 6.97. The fourth-order valence-electron chi connectivity index (χ4n) is 0.352. The third-order valence-electron chi connectivity index (χ3n) is 0.793. The Morgan fingerprint density at radius 2 is 2.20 bits per heavy atom. The van der Waals surface area contributed by atoms with E-state index in [1.54, 1.807) is 13.8 Å². The Labute approximate surface area is 65.8 Å². The van der Waals surface area contributed by atoms with Crippen molar-refractivity contribution in [2.24, 2.45) is 0 Å². The Morgan fingerprint density at radius 3 is 2.50 bits per heavy atom.